The minimum atomic E-state index is -0.614. The van der Waals surface area contributed by atoms with Crippen LogP contribution in [0.2, 0.25) is 5.02 Å². The van der Waals surface area contributed by atoms with Gasteiger partial charge in [0.1, 0.15) is 5.82 Å². The van der Waals surface area contributed by atoms with E-state index in [-0.39, 0.29) is 40.1 Å². The van der Waals surface area contributed by atoms with Crippen LogP contribution in [0, 0.1) is 17.1 Å². The van der Waals surface area contributed by atoms with Crippen molar-refractivity contribution >= 4 is 46.4 Å². The Morgan fingerprint density at radius 2 is 2.13 bits per heavy atom. The van der Waals surface area contributed by atoms with Crippen molar-refractivity contribution in [2.24, 2.45) is 0 Å². The molecule has 1 saturated carbocycles. The van der Waals surface area contributed by atoms with Gasteiger partial charge in [-0.25, -0.2) is 4.39 Å². The molecule has 1 aromatic heterocycles. The molecule has 30 heavy (non-hydrogen) atoms. The molecule has 0 amide bonds. The molecule has 1 fully saturated rings. The van der Waals surface area contributed by atoms with Crippen LogP contribution in [-0.4, -0.2) is 23.4 Å². The number of ketones is 1. The third-order valence-corrected chi connectivity index (χ3v) is 5.94. The Labute approximate surface area is 182 Å². The number of Topliss-reactive ketones (excluding diaryl/α,β-unsaturated/α-hetero) is 1. The Morgan fingerprint density at radius 1 is 1.37 bits per heavy atom. The summed E-state index contributed by atoms with van der Waals surface area (Å²) in [7, 11) is 0. The molecule has 0 spiro atoms. The lowest BCUT2D eigenvalue weighted by molar-refractivity contribution is 0.0996. The molecule has 5 rings (SSSR count). The number of halogens is 3. The quantitative estimate of drug-likeness (QED) is 0.721. The van der Waals surface area contributed by atoms with Gasteiger partial charge in [0.15, 0.2) is 11.2 Å². The van der Waals surface area contributed by atoms with Gasteiger partial charge in [0.2, 0.25) is 0 Å². The maximum Gasteiger partial charge on any atom is 0.200 e. The van der Waals surface area contributed by atoms with E-state index in [4.69, 9.17) is 16.9 Å². The number of benzene rings is 1. The van der Waals surface area contributed by atoms with Crippen molar-refractivity contribution in [2.45, 2.75) is 25.3 Å². The molecular weight excluding hydrogens is 430 g/mol. The van der Waals surface area contributed by atoms with Crippen molar-refractivity contribution in [2.75, 3.05) is 18.0 Å². The maximum atomic E-state index is 15.1. The first-order valence-corrected chi connectivity index (χ1v) is 9.74. The minimum Gasteiger partial charge on any atom is -0.386 e. The van der Waals surface area contributed by atoms with Crippen LogP contribution in [0.4, 0.5) is 10.1 Å². The van der Waals surface area contributed by atoms with Gasteiger partial charge in [-0.15, -0.1) is 12.4 Å². The smallest absolute Gasteiger partial charge is 0.200 e. The first-order valence-electron chi connectivity index (χ1n) is 9.36. The molecule has 2 aromatic rings. The van der Waals surface area contributed by atoms with E-state index in [9.17, 15) is 9.59 Å². The fraction of sp³-hybridized carbons (Fsp3) is 0.286. The Hall–Kier alpha value is -2.82. The van der Waals surface area contributed by atoms with Crippen LogP contribution in [-0.2, 0) is 0 Å². The van der Waals surface area contributed by atoms with Gasteiger partial charge in [-0.2, -0.15) is 5.26 Å². The van der Waals surface area contributed by atoms with Gasteiger partial charge >= 0.3 is 0 Å². The standard InChI is InChI=1S/C21H16ClFN4O2.ClH/c22-18-19-14(5-16(23)20(18)26-8-11-6-25-7-12(11)9-26)21(29)15(17(28)3-4-24)10-27(19)13-1-2-13;/h5-6,9-10,13,25H,1-3,7-8H2;1H. The second kappa shape index (κ2) is 7.46. The minimum absolute atomic E-state index is 0. The van der Waals surface area contributed by atoms with Gasteiger partial charge in [0.25, 0.3) is 0 Å². The predicted molar refractivity (Wildman–Crippen MR) is 115 cm³/mol. The summed E-state index contributed by atoms with van der Waals surface area (Å²) in [5, 5.41) is 12.2. The van der Waals surface area contributed by atoms with E-state index in [1.807, 2.05) is 12.4 Å². The Bertz CT molecular complexity index is 1250. The molecule has 0 unspecified atom stereocenters. The Kier molecular flexibility index (Phi) is 5.08. The largest absolute Gasteiger partial charge is 0.386 e. The van der Waals surface area contributed by atoms with E-state index in [1.54, 1.807) is 15.5 Å². The molecule has 6 nitrogen and oxygen atoms in total. The molecule has 0 bridgehead atoms. The van der Waals surface area contributed by atoms with Crippen molar-refractivity contribution in [3.8, 4) is 6.07 Å². The summed E-state index contributed by atoms with van der Waals surface area (Å²) in [5.41, 5.74) is 2.14. The van der Waals surface area contributed by atoms with Crippen LogP contribution in [0.1, 0.15) is 35.7 Å². The number of fused-ring (bicyclic) bond motifs is 2. The molecule has 154 valence electrons. The summed E-state index contributed by atoms with van der Waals surface area (Å²) < 4.78 is 16.9. The van der Waals surface area contributed by atoms with Gasteiger partial charge in [-0.05, 0) is 30.1 Å². The van der Waals surface area contributed by atoms with Gasteiger partial charge in [-0.1, -0.05) is 11.6 Å². The van der Waals surface area contributed by atoms with Crippen molar-refractivity contribution in [1.29, 1.82) is 5.26 Å². The van der Waals surface area contributed by atoms with Gasteiger partial charge in [0, 0.05) is 37.7 Å². The predicted octanol–water partition coefficient (Wildman–Crippen LogP) is 3.84. The number of nitrogens with one attached hydrogen (secondary N) is 1. The van der Waals surface area contributed by atoms with Crippen LogP contribution in [0.25, 0.3) is 10.9 Å². The van der Waals surface area contributed by atoms with E-state index in [0.717, 1.165) is 24.0 Å². The van der Waals surface area contributed by atoms with Crippen LogP contribution in [0.5, 0.6) is 0 Å². The van der Waals surface area contributed by atoms with Crippen LogP contribution in [0.15, 0.2) is 40.6 Å². The fourth-order valence-electron chi connectivity index (χ4n) is 4.03. The number of aromatic nitrogens is 1. The van der Waals surface area contributed by atoms with E-state index in [2.05, 4.69) is 5.32 Å². The highest BCUT2D eigenvalue weighted by molar-refractivity contribution is 6.38. The van der Waals surface area contributed by atoms with E-state index >= 15 is 4.39 Å². The second-order valence-electron chi connectivity index (χ2n) is 7.52. The average Bonchev–Trinajstić information content (AvgIpc) is 3.31. The molecule has 3 aliphatic rings. The van der Waals surface area contributed by atoms with Crippen LogP contribution in [0.3, 0.4) is 0 Å². The van der Waals surface area contributed by atoms with E-state index in [0.29, 0.717) is 18.6 Å². The third kappa shape index (κ3) is 3.08. The monoisotopic (exact) mass is 446 g/mol. The Balaban J connectivity index is 0.00000218. The first kappa shape index (κ1) is 20.5. The number of nitrogens with zero attached hydrogens (tertiary/aromatic N) is 3. The van der Waals surface area contributed by atoms with Crippen molar-refractivity contribution in [3.05, 3.63) is 62.4 Å². The highest BCUT2D eigenvalue weighted by atomic mass is 35.5. The number of carbonyl (C=O) groups is 1. The normalized spacial score (nSPS) is 17.0. The second-order valence-corrected chi connectivity index (χ2v) is 7.90. The lowest BCUT2D eigenvalue weighted by Gasteiger charge is -2.22. The molecule has 3 heterocycles. The first-order chi connectivity index (χ1) is 14.0. The van der Waals surface area contributed by atoms with Gasteiger partial charge in [0.05, 0.1) is 39.7 Å². The third-order valence-electron chi connectivity index (χ3n) is 5.58. The molecule has 1 aromatic carbocycles. The number of nitriles is 1. The fourth-order valence-corrected chi connectivity index (χ4v) is 4.43. The lowest BCUT2D eigenvalue weighted by atomic mass is 10.1. The molecule has 0 saturated heterocycles. The number of anilines is 1. The summed E-state index contributed by atoms with van der Waals surface area (Å²) in [6.45, 7) is 1.19. The maximum absolute atomic E-state index is 15.1. The highest BCUT2D eigenvalue weighted by Gasteiger charge is 2.31. The summed E-state index contributed by atoms with van der Waals surface area (Å²) >= 11 is 6.68. The lowest BCUT2D eigenvalue weighted by Crippen LogP contribution is -2.21. The topological polar surface area (TPSA) is 78.1 Å². The molecule has 0 atom stereocenters. The van der Waals surface area contributed by atoms with E-state index < -0.39 is 23.5 Å². The summed E-state index contributed by atoms with van der Waals surface area (Å²) in [6.07, 6.45) is 6.64. The Morgan fingerprint density at radius 3 is 2.80 bits per heavy atom. The van der Waals surface area contributed by atoms with Gasteiger partial charge < -0.3 is 14.8 Å². The van der Waals surface area contributed by atoms with Crippen molar-refractivity contribution in [1.82, 2.24) is 9.88 Å². The summed E-state index contributed by atoms with van der Waals surface area (Å²) in [5.74, 6) is -1.18. The zero-order valence-corrected chi connectivity index (χ0v) is 17.3. The number of hydrogen-bond donors (Lipinski definition) is 1. The van der Waals surface area contributed by atoms with Gasteiger partial charge in [-0.3, -0.25) is 9.59 Å². The van der Waals surface area contributed by atoms with Crippen LogP contribution < -0.4 is 15.6 Å². The SMILES string of the molecule is Cl.N#CCC(=O)c1cn(C2CC2)c2c(Cl)c(N3C=C4CNC=C4C3)c(F)cc2c1=O. The molecule has 1 aliphatic carbocycles. The zero-order valence-electron chi connectivity index (χ0n) is 15.7. The van der Waals surface area contributed by atoms with E-state index in [1.165, 1.54) is 12.3 Å². The number of rotatable bonds is 4. The van der Waals surface area contributed by atoms with Crippen molar-refractivity contribution in [3.63, 3.8) is 0 Å². The molecular formula is C21H17Cl2FN4O2. The molecule has 2 aliphatic heterocycles. The molecule has 9 heteroatoms. The number of carbonyl (C=O) groups excluding carboxylic acids is 1. The van der Waals surface area contributed by atoms with Crippen LogP contribution >= 0.6 is 24.0 Å². The molecule has 0 radical (unpaired) electrons. The van der Waals surface area contributed by atoms with Crippen molar-refractivity contribution < 1.29 is 9.18 Å². The zero-order chi connectivity index (χ0) is 20.3. The average molecular weight is 447 g/mol. The molecule has 1 N–H and O–H groups in total. The highest BCUT2D eigenvalue weighted by Crippen LogP contribution is 2.43. The summed E-state index contributed by atoms with van der Waals surface area (Å²) in [6, 6.07) is 3.04. The summed E-state index contributed by atoms with van der Waals surface area (Å²) in [4.78, 5) is 27.0. The number of hydrogen-bond acceptors (Lipinski definition) is 5. The number of pyridine rings is 1.